The van der Waals surface area contributed by atoms with Crippen molar-refractivity contribution in [3.63, 3.8) is 0 Å². The van der Waals surface area contributed by atoms with Crippen LogP contribution in [0.5, 0.6) is 11.7 Å². The van der Waals surface area contributed by atoms with Crippen LogP contribution in [0.15, 0.2) is 63.8 Å². The molecule has 1 N–H and O–H groups in total. The predicted molar refractivity (Wildman–Crippen MR) is 114 cm³/mol. The topological polar surface area (TPSA) is 62.9 Å². The zero-order valence-corrected chi connectivity index (χ0v) is 16.5. The third-order valence-electron chi connectivity index (χ3n) is 5.66. The first-order chi connectivity index (χ1) is 14.2. The van der Waals surface area contributed by atoms with Crippen LogP contribution < -0.4 is 10.4 Å². The lowest BCUT2D eigenvalue weighted by atomic mass is 9.90. The molecule has 0 unspecified atom stereocenters. The van der Waals surface area contributed by atoms with Crippen LogP contribution in [0, 0.1) is 5.92 Å². The number of ether oxygens (including phenoxy) is 1. The minimum Gasteiger partial charge on any atom is -0.508 e. The Morgan fingerprint density at radius 3 is 2.66 bits per heavy atom. The fraction of sp³-hybridized carbons (Fsp3) is 0.375. The van der Waals surface area contributed by atoms with E-state index in [0.29, 0.717) is 17.4 Å². The van der Waals surface area contributed by atoms with Gasteiger partial charge in [0.1, 0.15) is 5.75 Å². The molecule has 0 spiro atoms. The van der Waals surface area contributed by atoms with Crippen LogP contribution in [0.2, 0.25) is 0 Å². The van der Waals surface area contributed by atoms with Crippen LogP contribution in [-0.2, 0) is 6.42 Å². The largest absolute Gasteiger partial charge is 0.508 e. The van der Waals surface area contributed by atoms with Gasteiger partial charge in [0.15, 0.2) is 0 Å². The molecule has 1 fully saturated rings. The zero-order valence-electron chi connectivity index (χ0n) is 16.5. The Morgan fingerprint density at radius 2 is 1.86 bits per heavy atom. The number of hydrogen-bond acceptors (Lipinski definition) is 5. The lowest BCUT2D eigenvalue weighted by Crippen LogP contribution is -2.35. The second-order valence-corrected chi connectivity index (χ2v) is 7.80. The van der Waals surface area contributed by atoms with Gasteiger partial charge in [-0.2, -0.15) is 0 Å². The highest BCUT2D eigenvalue weighted by Gasteiger charge is 2.19. The molecule has 3 aromatic rings. The number of phenolic OH excluding ortho intramolecular Hbond substituents is 1. The summed E-state index contributed by atoms with van der Waals surface area (Å²) in [5.74, 6) is 1.05. The number of piperidine rings is 1. The van der Waals surface area contributed by atoms with Gasteiger partial charge in [-0.3, -0.25) is 0 Å². The van der Waals surface area contributed by atoms with Crippen molar-refractivity contribution in [2.24, 2.45) is 5.92 Å². The van der Waals surface area contributed by atoms with E-state index in [4.69, 9.17) is 9.15 Å². The number of phenols is 1. The zero-order chi connectivity index (χ0) is 20.1. The number of nitrogens with zero attached hydrogens (tertiary/aromatic N) is 1. The van der Waals surface area contributed by atoms with Gasteiger partial charge in [0, 0.05) is 12.6 Å². The molecule has 0 bridgehead atoms. The third kappa shape index (κ3) is 5.18. The van der Waals surface area contributed by atoms with Crippen molar-refractivity contribution in [3.8, 4) is 11.7 Å². The molecule has 0 amide bonds. The minimum atomic E-state index is -0.492. The van der Waals surface area contributed by atoms with Gasteiger partial charge in [-0.05, 0) is 67.8 Å². The van der Waals surface area contributed by atoms with Crippen molar-refractivity contribution >= 4 is 10.8 Å². The fourth-order valence-electron chi connectivity index (χ4n) is 4.04. The summed E-state index contributed by atoms with van der Waals surface area (Å²) in [4.78, 5) is 14.5. The van der Waals surface area contributed by atoms with E-state index in [1.54, 1.807) is 18.2 Å². The van der Waals surface area contributed by atoms with Crippen LogP contribution in [0.4, 0.5) is 0 Å². The standard InChI is InChI=1S/C24H27NO4/c26-21-8-7-20-16-23(29-24(27)22(20)17-21)28-14-4-11-25-12-9-19(10-13-25)15-18-5-2-1-3-6-18/h1-3,5-8,16-17,19,26H,4,9-15H2. The molecular weight excluding hydrogens is 366 g/mol. The van der Waals surface area contributed by atoms with Crippen LogP contribution >= 0.6 is 0 Å². The Labute approximate surface area is 170 Å². The van der Waals surface area contributed by atoms with Crippen LogP contribution in [0.25, 0.3) is 10.8 Å². The van der Waals surface area contributed by atoms with Gasteiger partial charge >= 0.3 is 5.63 Å². The molecule has 0 atom stereocenters. The Bertz CT molecular complexity index is 991. The maximum Gasteiger partial charge on any atom is 0.346 e. The Morgan fingerprint density at radius 1 is 1.07 bits per heavy atom. The predicted octanol–water partition coefficient (Wildman–Crippen LogP) is 4.22. The normalized spacial score (nSPS) is 15.6. The van der Waals surface area contributed by atoms with Crippen LogP contribution in [-0.4, -0.2) is 36.2 Å². The fourth-order valence-corrected chi connectivity index (χ4v) is 4.04. The highest BCUT2D eigenvalue weighted by atomic mass is 16.6. The maximum absolute atomic E-state index is 12.0. The smallest absolute Gasteiger partial charge is 0.346 e. The quantitative estimate of drug-likeness (QED) is 0.609. The highest BCUT2D eigenvalue weighted by molar-refractivity contribution is 5.83. The average molecular weight is 393 g/mol. The molecule has 0 aliphatic carbocycles. The monoisotopic (exact) mass is 393 g/mol. The summed E-state index contributed by atoms with van der Waals surface area (Å²) in [5, 5.41) is 10.6. The van der Waals surface area contributed by atoms with E-state index in [1.807, 2.05) is 0 Å². The van der Waals surface area contributed by atoms with Gasteiger partial charge in [0.2, 0.25) is 0 Å². The second-order valence-electron chi connectivity index (χ2n) is 7.80. The maximum atomic E-state index is 12.0. The number of aromatic hydroxyl groups is 1. The SMILES string of the molecule is O=c1oc(OCCCN2CCC(Cc3ccccc3)CC2)cc2ccc(O)cc12. The summed E-state index contributed by atoms with van der Waals surface area (Å²) in [5.41, 5.74) is 0.945. The Kier molecular flexibility index (Phi) is 6.15. The van der Waals surface area contributed by atoms with Gasteiger partial charge in [-0.15, -0.1) is 0 Å². The summed E-state index contributed by atoms with van der Waals surface area (Å²) >= 11 is 0. The summed E-state index contributed by atoms with van der Waals surface area (Å²) in [6, 6.07) is 17.1. The molecule has 1 aliphatic rings. The number of hydrogen-bond donors (Lipinski definition) is 1. The molecule has 5 heteroatoms. The molecule has 1 aromatic heterocycles. The van der Waals surface area contributed by atoms with Crippen molar-refractivity contribution in [1.82, 2.24) is 4.90 Å². The first kappa shape index (κ1) is 19.5. The molecule has 0 saturated carbocycles. The lowest BCUT2D eigenvalue weighted by Gasteiger charge is -2.32. The molecule has 0 radical (unpaired) electrons. The van der Waals surface area contributed by atoms with Gasteiger partial charge in [-0.1, -0.05) is 36.4 Å². The van der Waals surface area contributed by atoms with E-state index in [1.165, 1.54) is 30.9 Å². The van der Waals surface area contributed by atoms with Crippen molar-refractivity contribution in [2.75, 3.05) is 26.2 Å². The first-order valence-corrected chi connectivity index (χ1v) is 10.3. The number of fused-ring (bicyclic) bond motifs is 1. The van der Waals surface area contributed by atoms with Gasteiger partial charge in [0.25, 0.3) is 5.95 Å². The Balaban J connectivity index is 1.20. The van der Waals surface area contributed by atoms with E-state index >= 15 is 0 Å². The van der Waals surface area contributed by atoms with Gasteiger partial charge < -0.3 is 19.2 Å². The van der Waals surface area contributed by atoms with Crippen molar-refractivity contribution in [3.05, 3.63) is 70.6 Å². The Hall–Kier alpha value is -2.79. The van der Waals surface area contributed by atoms with Crippen molar-refractivity contribution < 1.29 is 14.3 Å². The van der Waals surface area contributed by atoms with Gasteiger partial charge in [-0.25, -0.2) is 4.79 Å². The summed E-state index contributed by atoms with van der Waals surface area (Å²) < 4.78 is 10.9. The number of rotatable bonds is 7. The van der Waals surface area contributed by atoms with E-state index in [2.05, 4.69) is 35.2 Å². The average Bonchev–Trinajstić information content (AvgIpc) is 2.74. The molecular formula is C24H27NO4. The second kappa shape index (κ2) is 9.14. The summed E-state index contributed by atoms with van der Waals surface area (Å²) in [7, 11) is 0. The highest BCUT2D eigenvalue weighted by Crippen LogP contribution is 2.23. The molecule has 2 aromatic carbocycles. The van der Waals surface area contributed by atoms with Crippen LogP contribution in [0.3, 0.4) is 0 Å². The van der Waals surface area contributed by atoms with E-state index < -0.39 is 5.63 Å². The molecule has 1 saturated heterocycles. The van der Waals surface area contributed by atoms with Gasteiger partial charge in [0.05, 0.1) is 12.0 Å². The minimum absolute atomic E-state index is 0.0472. The molecule has 2 heterocycles. The van der Waals surface area contributed by atoms with Crippen LogP contribution in [0.1, 0.15) is 24.8 Å². The first-order valence-electron chi connectivity index (χ1n) is 10.3. The molecule has 4 rings (SSSR count). The number of likely N-dealkylation sites (tertiary alicyclic amines) is 1. The van der Waals surface area contributed by atoms with E-state index in [0.717, 1.165) is 32.0 Å². The number of benzene rings is 2. The molecule has 5 nitrogen and oxygen atoms in total. The summed E-state index contributed by atoms with van der Waals surface area (Å²) in [6.07, 6.45) is 4.54. The van der Waals surface area contributed by atoms with E-state index in [9.17, 15) is 9.90 Å². The molecule has 152 valence electrons. The third-order valence-corrected chi connectivity index (χ3v) is 5.66. The summed E-state index contributed by atoms with van der Waals surface area (Å²) in [6.45, 7) is 3.76. The lowest BCUT2D eigenvalue weighted by molar-refractivity contribution is 0.162. The molecule has 29 heavy (non-hydrogen) atoms. The molecule has 1 aliphatic heterocycles. The van der Waals surface area contributed by atoms with E-state index in [-0.39, 0.29) is 11.7 Å². The van der Waals surface area contributed by atoms with Crippen molar-refractivity contribution in [1.29, 1.82) is 0 Å². The van der Waals surface area contributed by atoms with Crippen molar-refractivity contribution in [2.45, 2.75) is 25.7 Å².